The Kier molecular flexibility index (Phi) is 6.08. The van der Waals surface area contributed by atoms with Gasteiger partial charge in [-0.2, -0.15) is 0 Å². The smallest absolute Gasteiger partial charge is 0.219 e. The van der Waals surface area contributed by atoms with Gasteiger partial charge in [0.25, 0.3) is 0 Å². The second kappa shape index (κ2) is 5.74. The molecule has 6 nitrogen and oxygen atoms in total. The number of hydrogen-bond acceptors (Lipinski definition) is 9. The van der Waals surface area contributed by atoms with E-state index in [9.17, 15) is 25.3 Å². The molecule has 0 spiro atoms. The molecule has 96 valence electrons. The third kappa shape index (κ3) is 11.5. The Morgan fingerprint density at radius 1 is 0.625 bits per heavy atom. The molecule has 0 atom stereocenters. The maximum Gasteiger partial charge on any atom is 0.391 e. The molecule has 0 N–H and O–H groups in total. The maximum atomic E-state index is 11.0. The van der Waals surface area contributed by atoms with Gasteiger partial charge in [0.05, 0.1) is 0 Å². The highest BCUT2D eigenvalue weighted by atomic mass is 33.2. The molecule has 0 bridgehead atoms. The van der Waals surface area contributed by atoms with Crippen LogP contribution in [0.3, 0.4) is 0 Å². The Balaban J connectivity index is 4.93. The third-order valence-corrected chi connectivity index (χ3v) is 11.1. The molecule has 0 heterocycles. The van der Waals surface area contributed by atoms with Crippen LogP contribution >= 0.6 is 31.9 Å². The van der Waals surface area contributed by atoms with Crippen molar-refractivity contribution < 1.29 is 25.3 Å². The van der Waals surface area contributed by atoms with Crippen molar-refractivity contribution in [3.8, 4) is 0 Å². The van der Waals surface area contributed by atoms with Gasteiger partial charge in [0.15, 0.2) is 26.6 Å². The first-order valence-electron chi connectivity index (χ1n) is 3.43. The Bertz CT molecular complexity index is 448. The van der Waals surface area contributed by atoms with Gasteiger partial charge >= 0.3 is 4.55 Å². The summed E-state index contributed by atoms with van der Waals surface area (Å²) in [6.07, 6.45) is 2.66. The van der Waals surface area contributed by atoms with Crippen molar-refractivity contribution in [1.82, 2.24) is 0 Å². The van der Waals surface area contributed by atoms with Crippen LogP contribution in [0.15, 0.2) is 0 Å². The molecule has 13 heteroatoms. The van der Waals surface area contributed by atoms with E-state index in [-0.39, 0.29) is 0 Å². The highest BCUT2D eigenvalue weighted by molar-refractivity contribution is 9.15. The van der Waals surface area contributed by atoms with E-state index >= 15 is 0 Å². The standard InChI is InChI=1S/C3H9BO6S6/c1-14(5,6)11-4(12-15(2,7)8)13-16(3,9)10/h1-3H3. The first kappa shape index (κ1) is 17.0. The molecule has 16 heavy (non-hydrogen) atoms. The van der Waals surface area contributed by atoms with Crippen LogP contribution in [0.1, 0.15) is 0 Å². The number of rotatable bonds is 6. The summed E-state index contributed by atoms with van der Waals surface area (Å²) in [7, 11) is -9.68. The van der Waals surface area contributed by atoms with Crippen LogP contribution in [0.25, 0.3) is 0 Å². The lowest BCUT2D eigenvalue weighted by Crippen LogP contribution is -2.10. The monoisotopic (exact) mass is 344 g/mol. The maximum absolute atomic E-state index is 11.0. The largest absolute Gasteiger partial charge is 0.391 e. The van der Waals surface area contributed by atoms with E-state index in [0.717, 1.165) is 18.8 Å². The van der Waals surface area contributed by atoms with Crippen molar-refractivity contribution in [2.75, 3.05) is 18.8 Å². The predicted molar refractivity (Wildman–Crippen MR) is 73.1 cm³/mol. The zero-order valence-electron chi connectivity index (χ0n) is 8.48. The molecule has 0 rings (SSSR count). The highest BCUT2D eigenvalue weighted by Crippen LogP contribution is 2.37. The molecular weight excluding hydrogens is 335 g/mol. The summed E-state index contributed by atoms with van der Waals surface area (Å²) in [4.78, 5) is 0. The molecule has 0 unspecified atom stereocenters. The summed E-state index contributed by atoms with van der Waals surface area (Å²) < 4.78 is 64.6. The first-order valence-corrected chi connectivity index (χ1v) is 13.3. The Labute approximate surface area is 106 Å². The Morgan fingerprint density at radius 3 is 0.938 bits per heavy atom. The van der Waals surface area contributed by atoms with Crippen LogP contribution in [0.2, 0.25) is 0 Å². The van der Waals surface area contributed by atoms with Crippen LogP contribution in [-0.2, 0) is 26.6 Å². The van der Waals surface area contributed by atoms with Crippen molar-refractivity contribution in [2.45, 2.75) is 0 Å². The van der Waals surface area contributed by atoms with E-state index in [2.05, 4.69) is 0 Å². The molecule has 0 aromatic carbocycles. The molecule has 0 aromatic rings. The average Bonchev–Trinajstić information content (AvgIpc) is 1.70. The van der Waals surface area contributed by atoms with Gasteiger partial charge in [-0.3, -0.25) is 0 Å². The van der Waals surface area contributed by atoms with Crippen LogP contribution in [0, 0.1) is 0 Å². The van der Waals surface area contributed by atoms with Gasteiger partial charge < -0.3 is 0 Å². The van der Waals surface area contributed by atoms with E-state index in [1.54, 1.807) is 0 Å². The minimum atomic E-state index is -3.52. The minimum absolute atomic E-state index is 0.295. The molecule has 0 saturated carbocycles. The molecule has 0 fully saturated rings. The fourth-order valence-electron chi connectivity index (χ4n) is 0.476. The molecule has 0 aliphatic heterocycles. The lowest BCUT2D eigenvalue weighted by Gasteiger charge is -2.07. The van der Waals surface area contributed by atoms with E-state index in [1.807, 2.05) is 0 Å². The van der Waals surface area contributed by atoms with Gasteiger partial charge in [-0.15, -0.1) is 0 Å². The summed E-state index contributed by atoms with van der Waals surface area (Å²) in [6, 6.07) is 0. The topological polar surface area (TPSA) is 102 Å². The summed E-state index contributed by atoms with van der Waals surface area (Å²) in [6.45, 7) is 0. The Morgan fingerprint density at radius 2 is 0.812 bits per heavy atom. The van der Waals surface area contributed by atoms with Gasteiger partial charge in [-0.25, -0.2) is 25.3 Å². The molecule has 0 aliphatic carbocycles. The quantitative estimate of drug-likeness (QED) is 0.488. The van der Waals surface area contributed by atoms with Gasteiger partial charge in [0, 0.05) is 18.8 Å². The molecule has 0 amide bonds. The zero-order valence-corrected chi connectivity index (χ0v) is 13.4. The molecule has 0 saturated heterocycles. The van der Waals surface area contributed by atoms with E-state index < -0.39 is 31.2 Å². The number of hydrogen-bond donors (Lipinski definition) is 0. The summed E-state index contributed by atoms with van der Waals surface area (Å²) in [5.74, 6) is 0. The normalized spacial score (nSPS) is 13.7. The average molecular weight is 344 g/mol. The van der Waals surface area contributed by atoms with Crippen LogP contribution in [-0.4, -0.2) is 48.6 Å². The summed E-state index contributed by atoms with van der Waals surface area (Å²) in [5.41, 5.74) is 0. The second-order valence-electron chi connectivity index (χ2n) is 2.69. The zero-order chi connectivity index (χ0) is 13.2. The van der Waals surface area contributed by atoms with Crippen molar-refractivity contribution >= 4 is 63.1 Å². The summed E-state index contributed by atoms with van der Waals surface area (Å²) in [5, 5.41) is 0. The lowest BCUT2D eigenvalue weighted by atomic mass is 10.7. The van der Waals surface area contributed by atoms with Crippen LogP contribution in [0.5, 0.6) is 0 Å². The molecule has 0 radical (unpaired) electrons. The van der Waals surface area contributed by atoms with Gasteiger partial charge in [0.1, 0.15) is 0 Å². The highest BCUT2D eigenvalue weighted by Gasteiger charge is 2.31. The van der Waals surface area contributed by atoms with E-state index in [1.165, 1.54) is 0 Å². The van der Waals surface area contributed by atoms with Crippen molar-refractivity contribution in [3.05, 3.63) is 0 Å². The first-order chi connectivity index (χ1) is 6.79. The van der Waals surface area contributed by atoms with Crippen LogP contribution < -0.4 is 0 Å². The second-order valence-corrected chi connectivity index (χ2v) is 17.0. The van der Waals surface area contributed by atoms with Crippen LogP contribution in [0.4, 0.5) is 0 Å². The van der Waals surface area contributed by atoms with E-state index in [4.69, 9.17) is 0 Å². The van der Waals surface area contributed by atoms with Crippen molar-refractivity contribution in [2.24, 2.45) is 0 Å². The fourth-order valence-corrected chi connectivity index (χ4v) is 15.5. The minimum Gasteiger partial charge on any atom is -0.219 e. The predicted octanol–water partition coefficient (Wildman–Crippen LogP) is 0.0497. The van der Waals surface area contributed by atoms with Gasteiger partial charge in [-0.1, -0.05) is 31.9 Å². The van der Waals surface area contributed by atoms with E-state index in [0.29, 0.717) is 31.9 Å². The van der Waals surface area contributed by atoms with Gasteiger partial charge in [0.2, 0.25) is 0 Å². The lowest BCUT2D eigenvalue weighted by molar-refractivity contribution is 0.614. The molecule has 0 aliphatic rings. The molecular formula is C3H9BO6S6. The Hall–Kier alpha value is 0.965. The SMILES string of the molecule is CS(=O)(=O)SB(SS(C)(=O)=O)SS(C)(=O)=O. The molecule has 0 aromatic heterocycles. The summed E-state index contributed by atoms with van der Waals surface area (Å²) >= 11 is 0. The third-order valence-electron chi connectivity index (χ3n) is 0.760. The van der Waals surface area contributed by atoms with Crippen molar-refractivity contribution in [1.29, 1.82) is 0 Å². The van der Waals surface area contributed by atoms with Crippen molar-refractivity contribution in [3.63, 3.8) is 0 Å². The fraction of sp³-hybridized carbons (Fsp3) is 1.00. The van der Waals surface area contributed by atoms with Gasteiger partial charge in [-0.05, 0) is 0 Å².